The number of carbonyl (C=O) groups excluding carboxylic acids is 1. The molecule has 0 bridgehead atoms. The van der Waals surface area contributed by atoms with Crippen LogP contribution in [0.2, 0.25) is 0 Å². The lowest BCUT2D eigenvalue weighted by molar-refractivity contribution is -0.115. The molecule has 5 heteroatoms. The fourth-order valence-electron chi connectivity index (χ4n) is 1.60. The fraction of sp³-hybridized carbons (Fsp3) is 0.455. The number of amides is 1. The van der Waals surface area contributed by atoms with Gasteiger partial charge in [0.2, 0.25) is 5.91 Å². The molecular formula is C11H13BrN2OS. The van der Waals surface area contributed by atoms with Gasteiger partial charge in [0.05, 0.1) is 5.25 Å². The smallest absolute Gasteiger partial charge is 0.238 e. The Bertz CT molecular complexity index is 405. The topological polar surface area (TPSA) is 42.0 Å². The van der Waals surface area contributed by atoms with Crippen LogP contribution in [0.15, 0.2) is 16.7 Å². The summed E-state index contributed by atoms with van der Waals surface area (Å²) in [5.41, 5.74) is 1.07. The molecule has 0 aromatic carbocycles. The average molecular weight is 301 g/mol. The van der Waals surface area contributed by atoms with Gasteiger partial charge in [-0.25, -0.2) is 4.98 Å². The van der Waals surface area contributed by atoms with Crippen molar-refractivity contribution in [2.75, 3.05) is 11.1 Å². The van der Waals surface area contributed by atoms with Gasteiger partial charge < -0.3 is 5.32 Å². The molecular weight excluding hydrogens is 288 g/mol. The van der Waals surface area contributed by atoms with Crippen molar-refractivity contribution >= 4 is 39.4 Å². The molecule has 1 aromatic rings. The molecule has 0 saturated carbocycles. The lowest BCUT2D eigenvalue weighted by Crippen LogP contribution is -2.23. The Hall–Kier alpha value is -0.550. The summed E-state index contributed by atoms with van der Waals surface area (Å²) in [6.45, 7) is 1.98. The Morgan fingerprint density at radius 2 is 2.50 bits per heavy atom. The van der Waals surface area contributed by atoms with E-state index < -0.39 is 0 Å². The number of aromatic nitrogens is 1. The average Bonchev–Trinajstić information content (AvgIpc) is 2.77. The Morgan fingerprint density at radius 1 is 1.69 bits per heavy atom. The summed E-state index contributed by atoms with van der Waals surface area (Å²) >= 11 is 5.11. The van der Waals surface area contributed by atoms with Gasteiger partial charge in [0.1, 0.15) is 5.82 Å². The van der Waals surface area contributed by atoms with Crippen molar-refractivity contribution in [2.45, 2.75) is 25.0 Å². The molecule has 86 valence electrons. The number of anilines is 1. The number of aryl methyl sites for hydroxylation is 1. The SMILES string of the molecule is Cc1cc(NC(=O)C2CCCS2)ncc1Br. The minimum atomic E-state index is 0.0803. The van der Waals surface area contributed by atoms with Crippen molar-refractivity contribution in [1.29, 1.82) is 0 Å². The largest absolute Gasteiger partial charge is 0.310 e. The van der Waals surface area contributed by atoms with Gasteiger partial charge in [-0.2, -0.15) is 0 Å². The summed E-state index contributed by atoms with van der Waals surface area (Å²) in [6, 6.07) is 1.88. The van der Waals surface area contributed by atoms with Crippen LogP contribution >= 0.6 is 27.7 Å². The maximum atomic E-state index is 11.8. The predicted molar refractivity (Wildman–Crippen MR) is 70.8 cm³/mol. The van der Waals surface area contributed by atoms with Crippen LogP contribution in [-0.4, -0.2) is 21.9 Å². The highest BCUT2D eigenvalue weighted by molar-refractivity contribution is 9.10. The standard InChI is InChI=1S/C11H13BrN2OS/c1-7-5-10(13-6-8(7)12)14-11(15)9-3-2-4-16-9/h5-6,9H,2-4H2,1H3,(H,13,14,15). The van der Waals surface area contributed by atoms with Crippen molar-refractivity contribution in [1.82, 2.24) is 4.98 Å². The number of carbonyl (C=O) groups is 1. The van der Waals surface area contributed by atoms with Crippen LogP contribution in [0.4, 0.5) is 5.82 Å². The summed E-state index contributed by atoms with van der Waals surface area (Å²) in [7, 11) is 0. The van der Waals surface area contributed by atoms with E-state index in [1.807, 2.05) is 13.0 Å². The number of pyridine rings is 1. The third-order valence-corrected chi connectivity index (χ3v) is 4.73. The molecule has 1 aliphatic rings. The van der Waals surface area contributed by atoms with Gasteiger partial charge in [0.25, 0.3) is 0 Å². The normalized spacial score (nSPS) is 19.8. The third-order valence-electron chi connectivity index (χ3n) is 2.52. The zero-order valence-electron chi connectivity index (χ0n) is 9.00. The second-order valence-electron chi connectivity index (χ2n) is 3.81. The molecule has 1 aliphatic heterocycles. The molecule has 2 heterocycles. The van der Waals surface area contributed by atoms with Gasteiger partial charge in [-0.1, -0.05) is 0 Å². The van der Waals surface area contributed by atoms with Gasteiger partial charge >= 0.3 is 0 Å². The molecule has 0 aliphatic carbocycles. The van der Waals surface area contributed by atoms with Crippen molar-refractivity contribution in [2.24, 2.45) is 0 Å². The zero-order chi connectivity index (χ0) is 11.5. The number of nitrogens with zero attached hydrogens (tertiary/aromatic N) is 1. The van der Waals surface area contributed by atoms with Crippen molar-refractivity contribution in [3.8, 4) is 0 Å². The Kier molecular flexibility index (Phi) is 3.86. The molecule has 1 unspecified atom stereocenters. The zero-order valence-corrected chi connectivity index (χ0v) is 11.4. The molecule has 0 radical (unpaired) electrons. The van der Waals surface area contributed by atoms with E-state index in [0.29, 0.717) is 5.82 Å². The van der Waals surface area contributed by atoms with Gasteiger partial charge in [-0.3, -0.25) is 4.79 Å². The first-order valence-electron chi connectivity index (χ1n) is 5.21. The first-order chi connectivity index (χ1) is 7.66. The molecule has 1 saturated heterocycles. The first kappa shape index (κ1) is 11.9. The minimum absolute atomic E-state index is 0.0803. The summed E-state index contributed by atoms with van der Waals surface area (Å²) in [5, 5.41) is 2.96. The van der Waals surface area contributed by atoms with Gasteiger partial charge in [0.15, 0.2) is 0 Å². The Morgan fingerprint density at radius 3 is 3.12 bits per heavy atom. The monoisotopic (exact) mass is 300 g/mol. The van der Waals surface area contributed by atoms with Gasteiger partial charge in [-0.15, -0.1) is 11.8 Å². The molecule has 0 spiro atoms. The number of nitrogens with one attached hydrogen (secondary N) is 1. The number of halogens is 1. The summed E-state index contributed by atoms with van der Waals surface area (Å²) < 4.78 is 0.959. The highest BCUT2D eigenvalue weighted by Crippen LogP contribution is 2.27. The van der Waals surface area contributed by atoms with Crippen LogP contribution < -0.4 is 5.32 Å². The molecule has 3 nitrogen and oxygen atoms in total. The maximum Gasteiger partial charge on any atom is 0.238 e. The van der Waals surface area contributed by atoms with Crippen molar-refractivity contribution in [3.63, 3.8) is 0 Å². The van der Waals surface area contributed by atoms with Crippen molar-refractivity contribution < 1.29 is 4.79 Å². The van der Waals surface area contributed by atoms with E-state index in [4.69, 9.17) is 0 Å². The quantitative estimate of drug-likeness (QED) is 0.913. The van der Waals surface area contributed by atoms with Crippen LogP contribution in [0, 0.1) is 6.92 Å². The van der Waals surface area contributed by atoms with Gasteiger partial charge in [0, 0.05) is 10.7 Å². The van der Waals surface area contributed by atoms with E-state index in [0.717, 1.165) is 28.6 Å². The number of rotatable bonds is 2. The Labute approximate surface area is 108 Å². The van der Waals surface area contributed by atoms with Crippen LogP contribution in [0.25, 0.3) is 0 Å². The van der Waals surface area contributed by atoms with E-state index in [-0.39, 0.29) is 11.2 Å². The summed E-state index contributed by atoms with van der Waals surface area (Å²) in [4.78, 5) is 16.0. The third kappa shape index (κ3) is 2.77. The van der Waals surface area contributed by atoms with Crippen LogP contribution in [0.5, 0.6) is 0 Å². The lowest BCUT2D eigenvalue weighted by atomic mass is 10.2. The summed E-state index contributed by atoms with van der Waals surface area (Å²) in [5.74, 6) is 1.81. The maximum absolute atomic E-state index is 11.8. The molecule has 1 fully saturated rings. The second-order valence-corrected chi connectivity index (χ2v) is 5.97. The van der Waals surface area contributed by atoms with E-state index in [2.05, 4.69) is 26.2 Å². The highest BCUT2D eigenvalue weighted by Gasteiger charge is 2.23. The van der Waals surface area contributed by atoms with Crippen LogP contribution in [0.3, 0.4) is 0 Å². The number of hydrogen-bond acceptors (Lipinski definition) is 3. The lowest BCUT2D eigenvalue weighted by Gasteiger charge is -2.09. The minimum Gasteiger partial charge on any atom is -0.310 e. The second kappa shape index (κ2) is 5.19. The molecule has 16 heavy (non-hydrogen) atoms. The van der Waals surface area contributed by atoms with Crippen LogP contribution in [-0.2, 0) is 4.79 Å². The molecule has 1 aromatic heterocycles. The molecule has 1 N–H and O–H groups in total. The fourth-order valence-corrected chi connectivity index (χ4v) is 2.98. The summed E-state index contributed by atoms with van der Waals surface area (Å²) in [6.07, 6.45) is 3.83. The number of thioether (sulfide) groups is 1. The Balaban J connectivity index is 2.02. The molecule has 1 amide bonds. The van der Waals surface area contributed by atoms with Gasteiger partial charge in [-0.05, 0) is 53.1 Å². The predicted octanol–water partition coefficient (Wildman–Crippen LogP) is 2.99. The van der Waals surface area contributed by atoms with E-state index in [1.165, 1.54) is 0 Å². The van der Waals surface area contributed by atoms with Crippen molar-refractivity contribution in [3.05, 3.63) is 22.3 Å². The van der Waals surface area contributed by atoms with E-state index >= 15 is 0 Å². The van der Waals surface area contributed by atoms with E-state index in [9.17, 15) is 4.79 Å². The highest BCUT2D eigenvalue weighted by atomic mass is 79.9. The molecule has 2 rings (SSSR count). The first-order valence-corrected chi connectivity index (χ1v) is 7.05. The number of hydrogen-bond donors (Lipinski definition) is 1. The van der Waals surface area contributed by atoms with Crippen LogP contribution in [0.1, 0.15) is 18.4 Å². The molecule has 1 atom stereocenters. The van der Waals surface area contributed by atoms with E-state index in [1.54, 1.807) is 18.0 Å².